The number of aryl methyl sites for hydroxylation is 1. The maximum atomic E-state index is 15.1. The summed E-state index contributed by atoms with van der Waals surface area (Å²) < 4.78 is 32.0. The van der Waals surface area contributed by atoms with Crippen molar-refractivity contribution >= 4 is 22.8 Å². The molecule has 0 spiro atoms. The zero-order chi connectivity index (χ0) is 29.4. The molecule has 5 heterocycles. The van der Waals surface area contributed by atoms with Crippen LogP contribution in [0.1, 0.15) is 69.9 Å². The van der Waals surface area contributed by atoms with Gasteiger partial charge in [-0.2, -0.15) is 0 Å². The minimum absolute atomic E-state index is 0.0200. The van der Waals surface area contributed by atoms with E-state index in [0.29, 0.717) is 34.7 Å². The summed E-state index contributed by atoms with van der Waals surface area (Å²) >= 11 is 0. The van der Waals surface area contributed by atoms with E-state index in [1.165, 1.54) is 37.3 Å². The number of hydrogen-bond donors (Lipinski definition) is 1. The molecule has 3 aromatic heterocycles. The van der Waals surface area contributed by atoms with Crippen molar-refractivity contribution in [1.82, 2.24) is 34.3 Å². The Morgan fingerprint density at radius 3 is 2.38 bits per heavy atom. The molecule has 42 heavy (non-hydrogen) atoms. The molecule has 1 aromatic carbocycles. The molecule has 2 aliphatic heterocycles. The first-order valence-electron chi connectivity index (χ1n) is 15.2. The quantitative estimate of drug-likeness (QED) is 0.252. The number of anilines is 2. The molecule has 0 bridgehead atoms. The maximum Gasteiger partial charge on any atom is 0.229 e. The lowest BCUT2D eigenvalue weighted by atomic mass is 9.85. The number of fused-ring (bicyclic) bond motifs is 1. The lowest BCUT2D eigenvalue weighted by Gasteiger charge is -2.40. The SMILES string of the molecule is CCN1CCC([C@@H](c2ccc(Nc3ncc(F)c(-c4cc(F)c5nc(C)n(C(C)C)c5c4)n3)nc2)N2CCCC2)CC1. The number of piperidine rings is 1. The Bertz CT molecular complexity index is 1540. The highest BCUT2D eigenvalue weighted by molar-refractivity contribution is 5.83. The first-order chi connectivity index (χ1) is 20.3. The highest BCUT2D eigenvalue weighted by Crippen LogP contribution is 2.38. The minimum atomic E-state index is -0.627. The lowest BCUT2D eigenvalue weighted by molar-refractivity contribution is 0.104. The van der Waals surface area contributed by atoms with Crippen LogP contribution < -0.4 is 5.32 Å². The number of imidazole rings is 1. The van der Waals surface area contributed by atoms with Gasteiger partial charge in [0, 0.05) is 23.8 Å². The smallest absolute Gasteiger partial charge is 0.229 e. The normalized spacial score (nSPS) is 17.9. The summed E-state index contributed by atoms with van der Waals surface area (Å²) in [5, 5.41) is 3.12. The highest BCUT2D eigenvalue weighted by atomic mass is 19.1. The van der Waals surface area contributed by atoms with Crippen molar-refractivity contribution in [3.63, 3.8) is 0 Å². The van der Waals surface area contributed by atoms with E-state index >= 15 is 4.39 Å². The number of pyridine rings is 1. The summed E-state index contributed by atoms with van der Waals surface area (Å²) in [6, 6.07) is 7.56. The average molecular weight is 575 g/mol. The molecule has 0 aliphatic carbocycles. The molecular formula is C32H40F2N8. The second-order valence-corrected chi connectivity index (χ2v) is 11.9. The van der Waals surface area contributed by atoms with E-state index in [2.05, 4.69) is 43.1 Å². The summed E-state index contributed by atoms with van der Waals surface area (Å²) in [7, 11) is 0. The van der Waals surface area contributed by atoms with Gasteiger partial charge in [-0.1, -0.05) is 13.0 Å². The Morgan fingerprint density at radius 1 is 0.952 bits per heavy atom. The van der Waals surface area contributed by atoms with Gasteiger partial charge in [-0.15, -0.1) is 0 Å². The van der Waals surface area contributed by atoms with E-state index < -0.39 is 11.6 Å². The number of hydrogen-bond acceptors (Lipinski definition) is 7. The molecule has 6 rings (SSSR count). The number of likely N-dealkylation sites (tertiary alicyclic amines) is 2. The van der Waals surface area contributed by atoms with E-state index in [9.17, 15) is 4.39 Å². The molecule has 1 atom stereocenters. The monoisotopic (exact) mass is 574 g/mol. The van der Waals surface area contributed by atoms with Crippen LogP contribution in [0.2, 0.25) is 0 Å². The first kappa shape index (κ1) is 28.6. The third kappa shape index (κ3) is 5.62. The van der Waals surface area contributed by atoms with Crippen molar-refractivity contribution in [2.24, 2.45) is 5.92 Å². The Kier molecular flexibility index (Phi) is 8.18. The summed E-state index contributed by atoms with van der Waals surface area (Å²) in [5.41, 5.74) is 2.46. The van der Waals surface area contributed by atoms with Crippen LogP contribution in [0.4, 0.5) is 20.5 Å². The summed E-state index contributed by atoms with van der Waals surface area (Å²) in [6.07, 6.45) is 7.96. The minimum Gasteiger partial charge on any atom is -0.326 e. The largest absolute Gasteiger partial charge is 0.326 e. The maximum absolute atomic E-state index is 15.1. The zero-order valence-corrected chi connectivity index (χ0v) is 24.9. The number of nitrogens with zero attached hydrogens (tertiary/aromatic N) is 7. The van der Waals surface area contributed by atoms with E-state index in [1.54, 1.807) is 6.07 Å². The van der Waals surface area contributed by atoms with E-state index in [-0.39, 0.29) is 23.2 Å². The molecule has 1 N–H and O–H groups in total. The molecule has 2 saturated heterocycles. The van der Waals surface area contributed by atoms with Gasteiger partial charge < -0.3 is 14.8 Å². The van der Waals surface area contributed by atoms with Crippen LogP contribution in [-0.4, -0.2) is 67.0 Å². The predicted octanol–water partition coefficient (Wildman–Crippen LogP) is 6.67. The molecule has 0 unspecified atom stereocenters. The van der Waals surface area contributed by atoms with Crippen LogP contribution in [0.5, 0.6) is 0 Å². The summed E-state index contributed by atoms with van der Waals surface area (Å²) in [4.78, 5) is 22.8. The molecule has 10 heteroatoms. The van der Waals surface area contributed by atoms with Gasteiger partial charge >= 0.3 is 0 Å². The molecule has 0 amide bonds. The van der Waals surface area contributed by atoms with E-state index in [4.69, 9.17) is 4.98 Å². The van der Waals surface area contributed by atoms with Crippen LogP contribution in [0.3, 0.4) is 0 Å². The van der Waals surface area contributed by atoms with Gasteiger partial charge in [-0.05, 0) is 109 Å². The van der Waals surface area contributed by atoms with Crippen molar-refractivity contribution < 1.29 is 8.78 Å². The first-order valence-corrected chi connectivity index (χ1v) is 15.2. The van der Waals surface area contributed by atoms with Crippen LogP contribution in [-0.2, 0) is 0 Å². The number of halogens is 2. The third-order valence-electron chi connectivity index (χ3n) is 8.89. The van der Waals surface area contributed by atoms with E-state index in [1.807, 2.05) is 37.6 Å². The van der Waals surface area contributed by atoms with Gasteiger partial charge in [-0.25, -0.2) is 28.7 Å². The standard InChI is InChI=1S/C32H40F2N8/c1-5-40-14-10-22(11-15-40)31(41-12-6-7-13-41)23-8-9-28(35-18-23)38-32-36-19-26(34)29(39-32)24-16-25(33)30-27(17-24)42(20(2)3)21(4)37-30/h8-9,16-20,22,31H,5-7,10-15H2,1-4H3,(H,35,36,38,39)/t31-/m0/s1. The third-order valence-corrected chi connectivity index (χ3v) is 8.89. The van der Waals surface area contributed by atoms with Crippen molar-refractivity contribution in [2.45, 2.75) is 65.5 Å². The fourth-order valence-electron chi connectivity index (χ4n) is 6.84. The number of aromatic nitrogens is 5. The molecule has 2 aliphatic rings. The van der Waals surface area contributed by atoms with Gasteiger partial charge in [0.2, 0.25) is 5.95 Å². The Labute approximate surface area is 246 Å². The lowest BCUT2D eigenvalue weighted by Crippen LogP contribution is -2.40. The van der Waals surface area contributed by atoms with Crippen LogP contribution in [0.15, 0.2) is 36.7 Å². The topological polar surface area (TPSA) is 75.0 Å². The highest BCUT2D eigenvalue weighted by Gasteiger charge is 2.33. The van der Waals surface area contributed by atoms with Crippen molar-refractivity contribution in [3.05, 3.63) is 59.7 Å². The summed E-state index contributed by atoms with van der Waals surface area (Å²) in [5.74, 6) is 0.953. The van der Waals surface area contributed by atoms with Gasteiger partial charge in [0.15, 0.2) is 11.6 Å². The van der Waals surface area contributed by atoms with Crippen LogP contribution in [0.25, 0.3) is 22.3 Å². The van der Waals surface area contributed by atoms with Gasteiger partial charge in [0.1, 0.15) is 22.9 Å². The Balaban J connectivity index is 1.25. The summed E-state index contributed by atoms with van der Waals surface area (Å²) in [6.45, 7) is 13.8. The molecule has 8 nitrogen and oxygen atoms in total. The Morgan fingerprint density at radius 2 is 1.71 bits per heavy atom. The fraction of sp³-hybridized carbons (Fsp3) is 0.500. The predicted molar refractivity (Wildman–Crippen MR) is 162 cm³/mol. The van der Waals surface area contributed by atoms with Gasteiger partial charge in [-0.3, -0.25) is 4.90 Å². The fourth-order valence-corrected chi connectivity index (χ4v) is 6.84. The Hall–Kier alpha value is -3.50. The van der Waals surface area contributed by atoms with Gasteiger partial charge in [0.25, 0.3) is 0 Å². The second-order valence-electron chi connectivity index (χ2n) is 11.9. The molecule has 0 radical (unpaired) electrons. The van der Waals surface area contributed by atoms with Crippen LogP contribution in [0, 0.1) is 24.5 Å². The second kappa shape index (κ2) is 12.0. The molecule has 222 valence electrons. The average Bonchev–Trinajstić information content (AvgIpc) is 3.63. The molecule has 4 aromatic rings. The molecule has 0 saturated carbocycles. The van der Waals surface area contributed by atoms with E-state index in [0.717, 1.165) is 38.9 Å². The molecule has 2 fully saturated rings. The van der Waals surface area contributed by atoms with Crippen molar-refractivity contribution in [3.8, 4) is 11.3 Å². The van der Waals surface area contributed by atoms with Gasteiger partial charge in [0.05, 0.1) is 11.7 Å². The number of nitrogens with one attached hydrogen (secondary N) is 1. The van der Waals surface area contributed by atoms with Crippen molar-refractivity contribution in [2.75, 3.05) is 38.0 Å². The molecular weight excluding hydrogens is 534 g/mol. The zero-order valence-electron chi connectivity index (χ0n) is 24.9. The number of rotatable bonds is 8. The van der Waals surface area contributed by atoms with Crippen molar-refractivity contribution in [1.29, 1.82) is 0 Å². The van der Waals surface area contributed by atoms with Crippen LogP contribution >= 0.6 is 0 Å². The number of benzene rings is 1.